The van der Waals surface area contributed by atoms with Crippen molar-refractivity contribution in [2.24, 2.45) is 0 Å². The first-order valence-electron chi connectivity index (χ1n) is 5.50. The Kier molecular flexibility index (Phi) is 3.54. The molecule has 92 valence electrons. The maximum absolute atomic E-state index is 9.01. The molecular formula is C13H16O4. The van der Waals surface area contributed by atoms with Crippen LogP contribution in [0.1, 0.15) is 12.5 Å². The van der Waals surface area contributed by atoms with Gasteiger partial charge in [0.2, 0.25) is 5.75 Å². The molecular weight excluding hydrogens is 220 g/mol. The molecule has 0 unspecified atom stereocenters. The zero-order chi connectivity index (χ0) is 12.3. The van der Waals surface area contributed by atoms with Crippen molar-refractivity contribution >= 4 is 6.08 Å². The molecule has 1 N–H and O–H groups in total. The maximum Gasteiger partial charge on any atom is 0.203 e. The molecule has 0 saturated heterocycles. The smallest absolute Gasteiger partial charge is 0.203 e. The second-order valence-electron chi connectivity index (χ2n) is 3.90. The molecule has 1 aromatic carbocycles. The zero-order valence-electron chi connectivity index (χ0n) is 10.0. The van der Waals surface area contributed by atoms with Crippen molar-refractivity contribution in [2.45, 2.75) is 6.92 Å². The molecule has 0 amide bonds. The average molecular weight is 236 g/mol. The Morgan fingerprint density at radius 2 is 2.18 bits per heavy atom. The average Bonchev–Trinajstić information content (AvgIpc) is 2.37. The third kappa shape index (κ3) is 2.53. The minimum absolute atomic E-state index is 0.0384. The lowest BCUT2D eigenvalue weighted by Crippen LogP contribution is -2.16. The van der Waals surface area contributed by atoms with Gasteiger partial charge in [0.05, 0.1) is 13.7 Å². The van der Waals surface area contributed by atoms with Crippen LogP contribution in [0, 0.1) is 0 Å². The molecule has 4 heteroatoms. The van der Waals surface area contributed by atoms with Gasteiger partial charge in [0.15, 0.2) is 11.5 Å². The molecule has 0 atom stereocenters. The number of fused-ring (bicyclic) bond motifs is 1. The van der Waals surface area contributed by atoms with Gasteiger partial charge in [0.1, 0.15) is 13.2 Å². The van der Waals surface area contributed by atoms with Gasteiger partial charge in [-0.15, -0.1) is 0 Å². The summed E-state index contributed by atoms with van der Waals surface area (Å²) < 4.78 is 16.3. The summed E-state index contributed by atoms with van der Waals surface area (Å²) in [5, 5.41) is 9.01. The van der Waals surface area contributed by atoms with Gasteiger partial charge in [0, 0.05) is 0 Å². The summed E-state index contributed by atoms with van der Waals surface area (Å²) in [5.74, 6) is 1.99. The molecule has 0 saturated carbocycles. The first kappa shape index (κ1) is 11.8. The Bertz CT molecular complexity index is 420. The van der Waals surface area contributed by atoms with Crippen molar-refractivity contribution in [3.05, 3.63) is 23.3 Å². The van der Waals surface area contributed by atoms with Crippen molar-refractivity contribution in [1.29, 1.82) is 0 Å². The Hall–Kier alpha value is -1.68. The van der Waals surface area contributed by atoms with Crippen molar-refractivity contribution < 1.29 is 19.3 Å². The fourth-order valence-electron chi connectivity index (χ4n) is 1.71. The molecule has 17 heavy (non-hydrogen) atoms. The van der Waals surface area contributed by atoms with E-state index in [1.807, 2.05) is 25.1 Å². The van der Waals surface area contributed by atoms with Crippen molar-refractivity contribution in [2.75, 3.05) is 26.9 Å². The highest BCUT2D eigenvalue weighted by molar-refractivity contribution is 5.63. The Balaban J connectivity index is 2.42. The first-order valence-corrected chi connectivity index (χ1v) is 5.50. The summed E-state index contributed by atoms with van der Waals surface area (Å²) in [4.78, 5) is 0. The zero-order valence-corrected chi connectivity index (χ0v) is 10.0. The number of ether oxygens (including phenoxy) is 3. The summed E-state index contributed by atoms with van der Waals surface area (Å²) >= 11 is 0. The minimum Gasteiger partial charge on any atom is -0.493 e. The van der Waals surface area contributed by atoms with E-state index in [1.165, 1.54) is 0 Å². The van der Waals surface area contributed by atoms with Crippen LogP contribution in [0.25, 0.3) is 6.08 Å². The number of methoxy groups -OCH3 is 1. The van der Waals surface area contributed by atoms with Crippen LogP contribution in [0.3, 0.4) is 0 Å². The predicted molar refractivity (Wildman–Crippen MR) is 64.7 cm³/mol. The van der Waals surface area contributed by atoms with Gasteiger partial charge in [-0.05, 0) is 30.2 Å². The van der Waals surface area contributed by atoms with Gasteiger partial charge in [-0.1, -0.05) is 6.08 Å². The summed E-state index contributed by atoms with van der Waals surface area (Å²) in [5.41, 5.74) is 1.81. The van der Waals surface area contributed by atoms with E-state index in [4.69, 9.17) is 19.3 Å². The lowest BCUT2D eigenvalue weighted by molar-refractivity contribution is 0.165. The second-order valence-corrected chi connectivity index (χ2v) is 3.90. The topological polar surface area (TPSA) is 47.9 Å². The number of aliphatic hydroxyl groups excluding tert-OH is 1. The Morgan fingerprint density at radius 1 is 1.41 bits per heavy atom. The van der Waals surface area contributed by atoms with E-state index < -0.39 is 0 Å². The number of benzene rings is 1. The van der Waals surface area contributed by atoms with Crippen LogP contribution in [0.5, 0.6) is 17.2 Å². The maximum atomic E-state index is 9.01. The normalized spacial score (nSPS) is 14.6. The number of hydrogen-bond donors (Lipinski definition) is 1. The quantitative estimate of drug-likeness (QED) is 0.870. The van der Waals surface area contributed by atoms with E-state index >= 15 is 0 Å². The van der Waals surface area contributed by atoms with Crippen LogP contribution in [0.4, 0.5) is 0 Å². The minimum atomic E-state index is 0.0384. The largest absolute Gasteiger partial charge is 0.493 e. The Labute approximate surface area is 100 Å². The molecule has 0 fully saturated rings. The van der Waals surface area contributed by atoms with Gasteiger partial charge < -0.3 is 19.3 Å². The van der Waals surface area contributed by atoms with Crippen LogP contribution < -0.4 is 14.2 Å². The van der Waals surface area contributed by atoms with E-state index in [9.17, 15) is 0 Å². The molecule has 1 aliphatic rings. The third-order valence-electron chi connectivity index (χ3n) is 2.51. The number of aliphatic hydroxyl groups is 1. The van der Waals surface area contributed by atoms with Gasteiger partial charge in [0.25, 0.3) is 0 Å². The van der Waals surface area contributed by atoms with Crippen LogP contribution in [0.15, 0.2) is 17.7 Å². The van der Waals surface area contributed by atoms with Gasteiger partial charge in [-0.3, -0.25) is 0 Å². The SMILES string of the molecule is COc1cc(C=C(C)CO)cc2c1OCCO2. The monoisotopic (exact) mass is 236 g/mol. The fourth-order valence-corrected chi connectivity index (χ4v) is 1.71. The van der Waals surface area contributed by atoms with Crippen molar-refractivity contribution in [3.8, 4) is 17.2 Å². The molecule has 2 rings (SSSR count). The van der Waals surface area contributed by atoms with Gasteiger partial charge in [-0.25, -0.2) is 0 Å². The molecule has 0 aliphatic carbocycles. The van der Waals surface area contributed by atoms with E-state index in [0.29, 0.717) is 30.5 Å². The third-order valence-corrected chi connectivity index (χ3v) is 2.51. The molecule has 4 nitrogen and oxygen atoms in total. The molecule has 0 spiro atoms. The van der Waals surface area contributed by atoms with E-state index in [0.717, 1.165) is 11.1 Å². The molecule has 0 bridgehead atoms. The standard InChI is InChI=1S/C13H16O4/c1-9(8-14)5-10-6-11(15-2)13-12(7-10)16-3-4-17-13/h5-7,14H,3-4,8H2,1-2H3. The second kappa shape index (κ2) is 5.10. The van der Waals surface area contributed by atoms with E-state index in [2.05, 4.69) is 0 Å². The first-order chi connectivity index (χ1) is 8.24. The highest BCUT2D eigenvalue weighted by Crippen LogP contribution is 2.40. The summed E-state index contributed by atoms with van der Waals surface area (Å²) in [7, 11) is 1.60. The molecule has 1 heterocycles. The van der Waals surface area contributed by atoms with Crippen LogP contribution in [-0.2, 0) is 0 Å². The molecule has 0 radical (unpaired) electrons. The summed E-state index contributed by atoms with van der Waals surface area (Å²) in [6.45, 7) is 2.98. The number of rotatable bonds is 3. The Morgan fingerprint density at radius 3 is 2.88 bits per heavy atom. The summed E-state index contributed by atoms with van der Waals surface area (Å²) in [6, 6.07) is 3.75. The van der Waals surface area contributed by atoms with Crippen molar-refractivity contribution in [1.82, 2.24) is 0 Å². The van der Waals surface area contributed by atoms with Crippen molar-refractivity contribution in [3.63, 3.8) is 0 Å². The summed E-state index contributed by atoms with van der Waals surface area (Å²) in [6.07, 6.45) is 1.89. The van der Waals surface area contributed by atoms with E-state index in [1.54, 1.807) is 7.11 Å². The van der Waals surface area contributed by atoms with Crippen LogP contribution >= 0.6 is 0 Å². The highest BCUT2D eigenvalue weighted by atomic mass is 16.6. The lowest BCUT2D eigenvalue weighted by atomic mass is 10.1. The molecule has 1 aliphatic heterocycles. The van der Waals surface area contributed by atoms with Crippen LogP contribution in [0.2, 0.25) is 0 Å². The van der Waals surface area contributed by atoms with Gasteiger partial charge in [-0.2, -0.15) is 0 Å². The van der Waals surface area contributed by atoms with E-state index in [-0.39, 0.29) is 6.61 Å². The fraction of sp³-hybridized carbons (Fsp3) is 0.385. The lowest BCUT2D eigenvalue weighted by Gasteiger charge is -2.21. The molecule has 0 aromatic heterocycles. The highest BCUT2D eigenvalue weighted by Gasteiger charge is 2.17. The number of hydrogen-bond acceptors (Lipinski definition) is 4. The van der Waals surface area contributed by atoms with Crippen LogP contribution in [-0.4, -0.2) is 32.0 Å². The molecule has 1 aromatic rings. The predicted octanol–water partition coefficient (Wildman–Crippen LogP) is 1.86. The van der Waals surface area contributed by atoms with Gasteiger partial charge >= 0.3 is 0 Å².